The minimum absolute atomic E-state index is 0.0111. The van der Waals surface area contributed by atoms with Gasteiger partial charge in [-0.05, 0) is 30.9 Å². The van der Waals surface area contributed by atoms with E-state index in [0.29, 0.717) is 32.2 Å². The second-order valence-electron chi connectivity index (χ2n) is 8.37. The molecule has 1 aromatic rings. The zero-order valence-corrected chi connectivity index (χ0v) is 18.0. The molecule has 1 aliphatic rings. The third kappa shape index (κ3) is 6.66. The lowest BCUT2D eigenvalue weighted by Gasteiger charge is -2.32. The first-order valence-corrected chi connectivity index (χ1v) is 10.6. The molecule has 0 atom stereocenters. The first-order chi connectivity index (χ1) is 13.4. The summed E-state index contributed by atoms with van der Waals surface area (Å²) in [6.45, 7) is 6.50. The van der Waals surface area contributed by atoms with E-state index in [0.717, 1.165) is 31.4 Å². The summed E-state index contributed by atoms with van der Waals surface area (Å²) < 4.78 is 7.22. The van der Waals surface area contributed by atoms with Crippen molar-refractivity contribution in [2.24, 2.45) is 18.9 Å². The number of carbonyl (C=O) groups is 2. The predicted molar refractivity (Wildman–Crippen MR) is 111 cm³/mol. The van der Waals surface area contributed by atoms with Crippen LogP contribution in [0.2, 0.25) is 0 Å². The number of aryl methyl sites for hydroxylation is 1. The largest absolute Gasteiger partial charge is 0.383 e. The molecule has 6 nitrogen and oxygen atoms in total. The number of methoxy groups -OCH3 is 1. The molecule has 0 spiro atoms. The Bertz CT molecular complexity index is 620. The summed E-state index contributed by atoms with van der Waals surface area (Å²) in [5.41, 5.74) is 1.07. The quantitative estimate of drug-likeness (QED) is 0.616. The maximum atomic E-state index is 13.1. The molecule has 0 unspecified atom stereocenters. The van der Waals surface area contributed by atoms with Gasteiger partial charge in [-0.3, -0.25) is 9.59 Å². The van der Waals surface area contributed by atoms with E-state index in [9.17, 15) is 9.59 Å². The summed E-state index contributed by atoms with van der Waals surface area (Å²) in [6, 6.07) is 4.00. The molecular formula is C22H37N3O3. The van der Waals surface area contributed by atoms with Gasteiger partial charge in [0.2, 0.25) is 11.8 Å². The fraction of sp³-hybridized carbons (Fsp3) is 0.727. The van der Waals surface area contributed by atoms with Crippen LogP contribution in [0.1, 0.15) is 51.6 Å². The zero-order chi connectivity index (χ0) is 20.5. The molecular weight excluding hydrogens is 354 g/mol. The summed E-state index contributed by atoms with van der Waals surface area (Å²) in [7, 11) is 3.62. The second-order valence-corrected chi connectivity index (χ2v) is 8.37. The number of amides is 2. The Morgan fingerprint density at radius 3 is 2.50 bits per heavy atom. The first kappa shape index (κ1) is 22.5. The lowest BCUT2D eigenvalue weighted by molar-refractivity contribution is -0.144. The highest BCUT2D eigenvalue weighted by Gasteiger charge is 2.29. The van der Waals surface area contributed by atoms with E-state index >= 15 is 0 Å². The highest BCUT2D eigenvalue weighted by molar-refractivity contribution is 5.86. The van der Waals surface area contributed by atoms with Gasteiger partial charge < -0.3 is 19.1 Å². The number of carbonyl (C=O) groups excluding carboxylic acids is 2. The minimum atomic E-state index is -0.0111. The van der Waals surface area contributed by atoms with Gasteiger partial charge in [-0.15, -0.1) is 0 Å². The summed E-state index contributed by atoms with van der Waals surface area (Å²) in [5, 5.41) is 0. The van der Waals surface area contributed by atoms with Gasteiger partial charge in [0.1, 0.15) is 0 Å². The first-order valence-electron chi connectivity index (χ1n) is 10.6. The van der Waals surface area contributed by atoms with Gasteiger partial charge in [0, 0.05) is 45.1 Å². The lowest BCUT2D eigenvalue weighted by Crippen LogP contribution is -2.47. The molecule has 1 aliphatic carbocycles. The van der Waals surface area contributed by atoms with E-state index < -0.39 is 0 Å². The van der Waals surface area contributed by atoms with Crippen LogP contribution in [0.25, 0.3) is 0 Å². The van der Waals surface area contributed by atoms with Gasteiger partial charge in [-0.1, -0.05) is 33.1 Å². The molecule has 158 valence electrons. The van der Waals surface area contributed by atoms with Crippen LogP contribution in [-0.2, 0) is 27.9 Å². The number of aromatic nitrogens is 1. The number of rotatable bonds is 10. The smallest absolute Gasteiger partial charge is 0.242 e. The third-order valence-electron chi connectivity index (χ3n) is 5.50. The Hall–Kier alpha value is -1.82. The van der Waals surface area contributed by atoms with Crippen molar-refractivity contribution < 1.29 is 14.3 Å². The van der Waals surface area contributed by atoms with Crippen molar-refractivity contribution in [1.82, 2.24) is 14.4 Å². The summed E-state index contributed by atoms with van der Waals surface area (Å²) >= 11 is 0. The van der Waals surface area contributed by atoms with Gasteiger partial charge in [0.05, 0.1) is 19.7 Å². The molecule has 0 aliphatic heterocycles. The van der Waals surface area contributed by atoms with E-state index in [1.54, 1.807) is 16.9 Å². The summed E-state index contributed by atoms with van der Waals surface area (Å²) in [5.74, 6) is 0.566. The number of hydrogen-bond donors (Lipinski definition) is 0. The normalized spacial score (nSPS) is 15.0. The lowest BCUT2D eigenvalue weighted by atomic mass is 9.88. The van der Waals surface area contributed by atoms with Crippen LogP contribution in [0, 0.1) is 11.8 Å². The van der Waals surface area contributed by atoms with Crippen molar-refractivity contribution in [1.29, 1.82) is 0 Å². The van der Waals surface area contributed by atoms with Gasteiger partial charge in [0.15, 0.2) is 0 Å². The topological polar surface area (TPSA) is 54.8 Å². The van der Waals surface area contributed by atoms with Gasteiger partial charge >= 0.3 is 0 Å². The van der Waals surface area contributed by atoms with Crippen molar-refractivity contribution in [3.8, 4) is 0 Å². The average molecular weight is 392 g/mol. The molecule has 1 fully saturated rings. The van der Waals surface area contributed by atoms with Crippen LogP contribution in [0.4, 0.5) is 0 Å². The van der Waals surface area contributed by atoms with Crippen LogP contribution >= 0.6 is 0 Å². The maximum Gasteiger partial charge on any atom is 0.242 e. The van der Waals surface area contributed by atoms with E-state index in [1.807, 2.05) is 29.9 Å². The molecule has 0 saturated heterocycles. The van der Waals surface area contributed by atoms with Crippen molar-refractivity contribution in [3.63, 3.8) is 0 Å². The molecule has 1 heterocycles. The zero-order valence-electron chi connectivity index (χ0n) is 18.0. The van der Waals surface area contributed by atoms with Crippen molar-refractivity contribution in [2.75, 3.05) is 33.4 Å². The Morgan fingerprint density at radius 2 is 1.93 bits per heavy atom. The number of nitrogens with zero attached hydrogens (tertiary/aromatic N) is 3. The Morgan fingerprint density at radius 1 is 1.21 bits per heavy atom. The highest BCUT2D eigenvalue weighted by atomic mass is 16.5. The molecule has 0 radical (unpaired) electrons. The van der Waals surface area contributed by atoms with Crippen LogP contribution < -0.4 is 0 Å². The van der Waals surface area contributed by atoms with Crippen molar-refractivity contribution >= 4 is 11.8 Å². The van der Waals surface area contributed by atoms with Crippen LogP contribution in [0.5, 0.6) is 0 Å². The number of hydrogen-bond acceptors (Lipinski definition) is 3. The molecule has 6 heteroatoms. The van der Waals surface area contributed by atoms with Crippen LogP contribution in [0.15, 0.2) is 18.3 Å². The van der Waals surface area contributed by atoms with E-state index in [1.165, 1.54) is 6.42 Å². The summed E-state index contributed by atoms with van der Waals surface area (Å²) in [6.07, 6.45) is 7.34. The fourth-order valence-corrected chi connectivity index (χ4v) is 3.89. The second kappa shape index (κ2) is 11.2. The van der Waals surface area contributed by atoms with Crippen molar-refractivity contribution in [3.05, 3.63) is 24.0 Å². The molecule has 28 heavy (non-hydrogen) atoms. The highest BCUT2D eigenvalue weighted by Crippen LogP contribution is 2.26. The Balaban J connectivity index is 2.08. The molecule has 1 aromatic heterocycles. The summed E-state index contributed by atoms with van der Waals surface area (Å²) in [4.78, 5) is 29.8. The van der Waals surface area contributed by atoms with Gasteiger partial charge in [0.25, 0.3) is 0 Å². The molecule has 2 rings (SSSR count). The van der Waals surface area contributed by atoms with Crippen LogP contribution in [0.3, 0.4) is 0 Å². The SMILES string of the molecule is COCCN(Cc1cccn1C)C(=O)CN(CC(C)C)C(=O)C1CCCCC1. The number of ether oxygens (including phenoxy) is 1. The monoisotopic (exact) mass is 391 g/mol. The molecule has 1 saturated carbocycles. The Labute approximate surface area is 169 Å². The van der Waals surface area contributed by atoms with Crippen molar-refractivity contribution in [2.45, 2.75) is 52.5 Å². The standard InChI is InChI=1S/C22H37N3O3/c1-18(2)15-25(22(27)19-9-6-5-7-10-19)17-21(26)24(13-14-28-4)16-20-11-8-12-23(20)3/h8,11-12,18-19H,5-7,9-10,13-17H2,1-4H3. The minimum Gasteiger partial charge on any atom is -0.383 e. The predicted octanol–water partition coefficient (Wildman–Crippen LogP) is 3.07. The van der Waals surface area contributed by atoms with Gasteiger partial charge in [-0.25, -0.2) is 0 Å². The maximum absolute atomic E-state index is 13.1. The van der Waals surface area contributed by atoms with E-state index in [4.69, 9.17) is 4.74 Å². The molecule has 0 aromatic carbocycles. The Kier molecular flexibility index (Phi) is 9.03. The van der Waals surface area contributed by atoms with Gasteiger partial charge in [-0.2, -0.15) is 0 Å². The molecule has 0 N–H and O–H groups in total. The van der Waals surface area contributed by atoms with Crippen LogP contribution in [-0.4, -0.2) is 59.5 Å². The molecule has 2 amide bonds. The third-order valence-corrected chi connectivity index (χ3v) is 5.50. The van der Waals surface area contributed by atoms with E-state index in [-0.39, 0.29) is 24.3 Å². The fourth-order valence-electron chi connectivity index (χ4n) is 3.89. The molecule has 0 bridgehead atoms. The van der Waals surface area contributed by atoms with E-state index in [2.05, 4.69) is 13.8 Å². The average Bonchev–Trinajstić information content (AvgIpc) is 3.08.